The molecule has 1 aromatic carbocycles. The first-order valence-electron chi connectivity index (χ1n) is 3.66. The topological polar surface area (TPSA) is 46.5 Å². The molecule has 2 rings (SSSR count). The molecule has 1 aliphatic heterocycles. The quantitative estimate of drug-likeness (QED) is 0.668. The molecule has 1 radical (unpaired) electrons. The Bertz CT molecular complexity index is 294. The van der Waals surface area contributed by atoms with Gasteiger partial charge in [-0.05, 0) is 23.8 Å². The van der Waals surface area contributed by atoms with E-state index < -0.39 is 12.1 Å². The highest BCUT2D eigenvalue weighted by atomic mass is 16.5. The predicted octanol–water partition coefficient (Wildman–Crippen LogP) is 0.875. The van der Waals surface area contributed by atoms with Gasteiger partial charge < -0.3 is 9.84 Å². The van der Waals surface area contributed by atoms with E-state index in [1.165, 1.54) is 0 Å². The van der Waals surface area contributed by atoms with Crippen LogP contribution in [0.1, 0.15) is 5.56 Å². The molecule has 0 saturated heterocycles. The van der Waals surface area contributed by atoms with Gasteiger partial charge in [-0.2, -0.15) is 0 Å². The lowest BCUT2D eigenvalue weighted by Crippen LogP contribution is -2.24. The van der Waals surface area contributed by atoms with Crippen LogP contribution in [0.2, 0.25) is 0 Å². The lowest BCUT2D eigenvalue weighted by Gasteiger charge is -2.02. The number of carboxylic acid groups (broad SMARTS) is 1. The van der Waals surface area contributed by atoms with Gasteiger partial charge in [0.15, 0.2) is 6.10 Å². The fraction of sp³-hybridized carbons (Fsp3) is 0.222. The molecule has 12 heavy (non-hydrogen) atoms. The van der Waals surface area contributed by atoms with Crippen LogP contribution in [0.15, 0.2) is 18.2 Å². The summed E-state index contributed by atoms with van der Waals surface area (Å²) in [5, 5.41) is 8.65. The second kappa shape index (κ2) is 2.52. The lowest BCUT2D eigenvalue weighted by atomic mass is 10.1. The standard InChI is InChI=1S/C9H7O3/c10-9(11)8-5-6-3-1-2-4-7(6)12-8/h2-4,8H,5H2,(H,10,11). The Labute approximate surface area is 69.6 Å². The van der Waals surface area contributed by atoms with Crippen molar-refractivity contribution in [2.75, 3.05) is 0 Å². The SMILES string of the molecule is O=C(O)C1Cc2c[c]ccc2O1. The van der Waals surface area contributed by atoms with Crippen LogP contribution in [0, 0.1) is 6.07 Å². The second-order valence-electron chi connectivity index (χ2n) is 2.68. The fourth-order valence-corrected chi connectivity index (χ4v) is 1.26. The minimum Gasteiger partial charge on any atom is -0.478 e. The minimum absolute atomic E-state index is 0.446. The molecule has 0 bridgehead atoms. The Kier molecular flexibility index (Phi) is 1.50. The van der Waals surface area contributed by atoms with E-state index in [-0.39, 0.29) is 0 Å². The Morgan fingerprint density at radius 1 is 1.75 bits per heavy atom. The van der Waals surface area contributed by atoms with E-state index >= 15 is 0 Å². The normalized spacial score (nSPS) is 19.8. The minimum atomic E-state index is -0.911. The number of aliphatic carboxylic acids is 1. The third-order valence-electron chi connectivity index (χ3n) is 1.85. The van der Waals surface area contributed by atoms with Gasteiger partial charge >= 0.3 is 5.97 Å². The zero-order valence-corrected chi connectivity index (χ0v) is 6.28. The van der Waals surface area contributed by atoms with E-state index in [2.05, 4.69) is 6.07 Å². The third kappa shape index (κ3) is 1.03. The Balaban J connectivity index is 2.27. The monoisotopic (exact) mass is 163 g/mol. The molecule has 1 aliphatic rings. The summed E-state index contributed by atoms with van der Waals surface area (Å²) in [4.78, 5) is 10.5. The summed E-state index contributed by atoms with van der Waals surface area (Å²) < 4.78 is 5.15. The van der Waals surface area contributed by atoms with Crippen molar-refractivity contribution in [2.24, 2.45) is 0 Å². The zero-order valence-electron chi connectivity index (χ0n) is 6.28. The molecule has 0 spiro atoms. The van der Waals surface area contributed by atoms with Gasteiger partial charge in [0.25, 0.3) is 0 Å². The number of rotatable bonds is 1. The van der Waals surface area contributed by atoms with Gasteiger partial charge in [-0.3, -0.25) is 0 Å². The second-order valence-corrected chi connectivity index (χ2v) is 2.68. The van der Waals surface area contributed by atoms with Crippen LogP contribution in [-0.4, -0.2) is 17.2 Å². The summed E-state index contributed by atoms with van der Waals surface area (Å²) in [6.45, 7) is 0. The molecule has 3 heteroatoms. The molecule has 0 aromatic heterocycles. The van der Waals surface area contributed by atoms with Crippen molar-refractivity contribution in [1.29, 1.82) is 0 Å². The summed E-state index contributed by atoms with van der Waals surface area (Å²) in [5.41, 5.74) is 0.921. The molecule has 1 unspecified atom stereocenters. The van der Waals surface area contributed by atoms with E-state index in [4.69, 9.17) is 9.84 Å². The van der Waals surface area contributed by atoms with Gasteiger partial charge in [-0.25, -0.2) is 4.79 Å². The molecule has 3 nitrogen and oxygen atoms in total. The number of carbonyl (C=O) groups is 1. The summed E-state index contributed by atoms with van der Waals surface area (Å²) in [7, 11) is 0. The maximum absolute atomic E-state index is 10.5. The van der Waals surface area contributed by atoms with E-state index in [1.807, 2.05) is 0 Å². The van der Waals surface area contributed by atoms with Crippen LogP contribution < -0.4 is 4.74 Å². The molecule has 0 aliphatic carbocycles. The number of benzene rings is 1. The van der Waals surface area contributed by atoms with Gasteiger partial charge in [0.2, 0.25) is 0 Å². The van der Waals surface area contributed by atoms with Crippen molar-refractivity contribution < 1.29 is 14.6 Å². The Morgan fingerprint density at radius 3 is 3.25 bits per heavy atom. The van der Waals surface area contributed by atoms with Crippen molar-refractivity contribution >= 4 is 5.97 Å². The Morgan fingerprint density at radius 2 is 2.58 bits per heavy atom. The summed E-state index contributed by atoms with van der Waals surface area (Å²) in [6.07, 6.45) is -0.266. The van der Waals surface area contributed by atoms with Crippen LogP contribution in [-0.2, 0) is 11.2 Å². The van der Waals surface area contributed by atoms with Crippen molar-refractivity contribution in [3.8, 4) is 5.75 Å². The molecule has 1 heterocycles. The van der Waals surface area contributed by atoms with E-state index in [1.54, 1.807) is 18.2 Å². The molecule has 1 atom stereocenters. The van der Waals surface area contributed by atoms with Crippen LogP contribution in [0.25, 0.3) is 0 Å². The number of hydrogen-bond acceptors (Lipinski definition) is 2. The smallest absolute Gasteiger partial charge is 0.345 e. The van der Waals surface area contributed by atoms with E-state index in [0.717, 1.165) is 5.56 Å². The fourth-order valence-electron chi connectivity index (χ4n) is 1.26. The largest absolute Gasteiger partial charge is 0.478 e. The lowest BCUT2D eigenvalue weighted by molar-refractivity contribution is -0.144. The number of carboxylic acids is 1. The summed E-state index contributed by atoms with van der Waals surface area (Å²) >= 11 is 0. The maximum atomic E-state index is 10.5. The van der Waals surface area contributed by atoms with Crippen LogP contribution in [0.5, 0.6) is 5.75 Å². The summed E-state index contributed by atoms with van der Waals surface area (Å²) in [5.74, 6) is -0.243. The van der Waals surface area contributed by atoms with Crippen LogP contribution in [0.3, 0.4) is 0 Å². The Hall–Kier alpha value is -1.51. The van der Waals surface area contributed by atoms with Gasteiger partial charge in [-0.15, -0.1) is 0 Å². The van der Waals surface area contributed by atoms with Crippen LogP contribution >= 0.6 is 0 Å². The van der Waals surface area contributed by atoms with Crippen LogP contribution in [0.4, 0.5) is 0 Å². The molecular weight excluding hydrogens is 156 g/mol. The molecule has 1 N–H and O–H groups in total. The number of ether oxygens (including phenoxy) is 1. The van der Waals surface area contributed by atoms with Gasteiger partial charge in [0.1, 0.15) is 5.75 Å². The van der Waals surface area contributed by atoms with Gasteiger partial charge in [0, 0.05) is 6.42 Å². The molecule has 61 valence electrons. The van der Waals surface area contributed by atoms with Gasteiger partial charge in [0.05, 0.1) is 0 Å². The first kappa shape index (κ1) is 7.16. The van der Waals surface area contributed by atoms with Gasteiger partial charge in [-0.1, -0.05) is 6.07 Å². The van der Waals surface area contributed by atoms with Crippen molar-refractivity contribution in [2.45, 2.75) is 12.5 Å². The maximum Gasteiger partial charge on any atom is 0.345 e. The molecule has 1 aromatic rings. The number of hydrogen-bond donors (Lipinski definition) is 1. The highest BCUT2D eigenvalue weighted by molar-refractivity contribution is 5.74. The molecule has 0 fully saturated rings. The zero-order chi connectivity index (χ0) is 8.55. The molecular formula is C9H7O3. The van der Waals surface area contributed by atoms with Crippen molar-refractivity contribution in [1.82, 2.24) is 0 Å². The highest BCUT2D eigenvalue weighted by Crippen LogP contribution is 2.27. The predicted molar refractivity (Wildman–Crippen MR) is 41.0 cm³/mol. The van der Waals surface area contributed by atoms with E-state index in [9.17, 15) is 4.79 Å². The van der Waals surface area contributed by atoms with Crippen molar-refractivity contribution in [3.05, 3.63) is 29.8 Å². The average Bonchev–Trinajstić information content (AvgIpc) is 2.46. The van der Waals surface area contributed by atoms with E-state index in [0.29, 0.717) is 12.2 Å². The highest BCUT2D eigenvalue weighted by Gasteiger charge is 2.27. The third-order valence-corrected chi connectivity index (χ3v) is 1.85. The average molecular weight is 163 g/mol. The molecule has 0 saturated carbocycles. The van der Waals surface area contributed by atoms with Crippen molar-refractivity contribution in [3.63, 3.8) is 0 Å². The first-order valence-corrected chi connectivity index (χ1v) is 3.66. The number of fused-ring (bicyclic) bond motifs is 1. The molecule has 0 amide bonds. The summed E-state index contributed by atoms with van der Waals surface area (Å²) in [6, 6.07) is 8.09. The first-order chi connectivity index (χ1) is 5.77.